The number of hydrogen-bond acceptors (Lipinski definition) is 2. The highest BCUT2D eigenvalue weighted by molar-refractivity contribution is 9.10. The second kappa shape index (κ2) is 7.27. The third kappa shape index (κ3) is 4.09. The van der Waals surface area contributed by atoms with Gasteiger partial charge in [-0.1, -0.05) is 35.8 Å². The molecule has 2 amide bonds. The van der Waals surface area contributed by atoms with Crippen LogP contribution in [-0.4, -0.2) is 47.8 Å². The van der Waals surface area contributed by atoms with Gasteiger partial charge < -0.3 is 9.80 Å². The van der Waals surface area contributed by atoms with Gasteiger partial charge in [-0.3, -0.25) is 9.59 Å². The zero-order valence-electron chi connectivity index (χ0n) is 13.4. The molecule has 0 radical (unpaired) electrons. The minimum absolute atomic E-state index is 0.0200. The normalized spacial score (nSPS) is 15.3. The molecule has 2 rings (SSSR count). The van der Waals surface area contributed by atoms with Gasteiger partial charge in [0.15, 0.2) is 0 Å². The van der Waals surface area contributed by atoms with Crippen molar-refractivity contribution >= 4 is 27.7 Å². The van der Waals surface area contributed by atoms with Gasteiger partial charge in [-0.25, -0.2) is 0 Å². The summed E-state index contributed by atoms with van der Waals surface area (Å²) >= 11 is 3.45. The minimum atomic E-state index is 0.0200. The molecule has 1 saturated heterocycles. The predicted molar refractivity (Wildman–Crippen MR) is 90.6 cm³/mol. The zero-order chi connectivity index (χ0) is 16.3. The lowest BCUT2D eigenvalue weighted by atomic mass is 10.0. The molecule has 1 heterocycles. The molecule has 0 aliphatic carbocycles. The Morgan fingerprint density at radius 1 is 1.14 bits per heavy atom. The van der Waals surface area contributed by atoms with Gasteiger partial charge in [-0.05, 0) is 30.2 Å². The standard InChI is InChI=1S/C17H23BrN2O2/c1-12(2)17(22)20-8-6-19(7-9-20)16(21)11-14-10-15(18)5-4-13(14)3/h4-5,10,12H,6-9,11H2,1-3H3. The molecule has 0 N–H and O–H groups in total. The highest BCUT2D eigenvalue weighted by Crippen LogP contribution is 2.18. The maximum Gasteiger partial charge on any atom is 0.227 e. The van der Waals surface area contributed by atoms with E-state index in [1.54, 1.807) is 0 Å². The number of amides is 2. The Morgan fingerprint density at radius 3 is 2.32 bits per heavy atom. The van der Waals surface area contributed by atoms with Gasteiger partial charge in [-0.15, -0.1) is 0 Å². The van der Waals surface area contributed by atoms with Crippen LogP contribution in [0.25, 0.3) is 0 Å². The van der Waals surface area contributed by atoms with E-state index >= 15 is 0 Å². The zero-order valence-corrected chi connectivity index (χ0v) is 15.0. The van der Waals surface area contributed by atoms with Crippen molar-refractivity contribution in [1.29, 1.82) is 0 Å². The lowest BCUT2D eigenvalue weighted by molar-refractivity contribution is -0.141. The summed E-state index contributed by atoms with van der Waals surface area (Å²) in [5.74, 6) is 0.333. The monoisotopic (exact) mass is 366 g/mol. The average Bonchev–Trinajstić information content (AvgIpc) is 2.50. The molecule has 0 spiro atoms. The summed E-state index contributed by atoms with van der Waals surface area (Å²) in [6.07, 6.45) is 0.420. The second-order valence-electron chi connectivity index (χ2n) is 6.11. The summed E-state index contributed by atoms with van der Waals surface area (Å²) in [5, 5.41) is 0. The van der Waals surface area contributed by atoms with E-state index < -0.39 is 0 Å². The highest BCUT2D eigenvalue weighted by atomic mass is 79.9. The number of piperazine rings is 1. The molecule has 4 nitrogen and oxygen atoms in total. The van der Waals surface area contributed by atoms with E-state index in [9.17, 15) is 9.59 Å². The minimum Gasteiger partial charge on any atom is -0.339 e. The Balaban J connectivity index is 1.93. The maximum atomic E-state index is 12.4. The highest BCUT2D eigenvalue weighted by Gasteiger charge is 2.25. The topological polar surface area (TPSA) is 40.6 Å². The summed E-state index contributed by atoms with van der Waals surface area (Å²) in [6, 6.07) is 6.01. The fraction of sp³-hybridized carbons (Fsp3) is 0.529. The first-order valence-electron chi connectivity index (χ1n) is 7.70. The summed E-state index contributed by atoms with van der Waals surface area (Å²) < 4.78 is 0.994. The average molecular weight is 367 g/mol. The molecular formula is C17H23BrN2O2. The first-order valence-corrected chi connectivity index (χ1v) is 8.49. The van der Waals surface area contributed by atoms with Crippen LogP contribution in [0.1, 0.15) is 25.0 Å². The molecule has 0 bridgehead atoms. The number of halogens is 1. The van der Waals surface area contributed by atoms with Crippen molar-refractivity contribution in [1.82, 2.24) is 9.80 Å². The number of nitrogens with zero attached hydrogens (tertiary/aromatic N) is 2. The van der Waals surface area contributed by atoms with Crippen molar-refractivity contribution in [3.8, 4) is 0 Å². The lowest BCUT2D eigenvalue weighted by Crippen LogP contribution is -2.51. The van der Waals surface area contributed by atoms with E-state index in [1.165, 1.54) is 0 Å². The van der Waals surface area contributed by atoms with E-state index in [4.69, 9.17) is 0 Å². The Labute approximate surface area is 140 Å². The Kier molecular flexibility index (Phi) is 5.62. The van der Waals surface area contributed by atoms with Crippen LogP contribution in [-0.2, 0) is 16.0 Å². The van der Waals surface area contributed by atoms with E-state index in [1.807, 2.05) is 48.8 Å². The van der Waals surface area contributed by atoms with Crippen molar-refractivity contribution in [2.45, 2.75) is 27.2 Å². The summed E-state index contributed by atoms with van der Waals surface area (Å²) in [6.45, 7) is 8.38. The summed E-state index contributed by atoms with van der Waals surface area (Å²) in [5.41, 5.74) is 2.19. The van der Waals surface area contributed by atoms with E-state index in [0.29, 0.717) is 32.6 Å². The van der Waals surface area contributed by atoms with Crippen LogP contribution in [0.3, 0.4) is 0 Å². The molecule has 22 heavy (non-hydrogen) atoms. The van der Waals surface area contributed by atoms with Crippen LogP contribution in [0, 0.1) is 12.8 Å². The lowest BCUT2D eigenvalue weighted by Gasteiger charge is -2.35. The van der Waals surface area contributed by atoms with Crippen LogP contribution in [0.15, 0.2) is 22.7 Å². The fourth-order valence-corrected chi connectivity index (χ4v) is 3.06. The number of carbonyl (C=O) groups is 2. The van der Waals surface area contributed by atoms with Crippen molar-refractivity contribution in [2.75, 3.05) is 26.2 Å². The number of aryl methyl sites for hydroxylation is 1. The maximum absolute atomic E-state index is 12.4. The fourth-order valence-electron chi connectivity index (χ4n) is 2.65. The number of rotatable bonds is 3. The van der Waals surface area contributed by atoms with Crippen LogP contribution >= 0.6 is 15.9 Å². The summed E-state index contributed by atoms with van der Waals surface area (Å²) in [4.78, 5) is 28.1. The summed E-state index contributed by atoms with van der Waals surface area (Å²) in [7, 11) is 0. The molecule has 0 atom stereocenters. The van der Waals surface area contributed by atoms with Crippen molar-refractivity contribution in [3.63, 3.8) is 0 Å². The third-order valence-electron chi connectivity index (χ3n) is 4.09. The molecule has 0 saturated carbocycles. The number of carbonyl (C=O) groups excluding carboxylic acids is 2. The molecule has 1 aliphatic heterocycles. The quantitative estimate of drug-likeness (QED) is 0.824. The van der Waals surface area contributed by atoms with Gasteiger partial charge in [0.25, 0.3) is 0 Å². The third-order valence-corrected chi connectivity index (χ3v) is 4.58. The molecule has 1 aromatic rings. The second-order valence-corrected chi connectivity index (χ2v) is 7.02. The molecule has 0 aromatic heterocycles. The molecule has 5 heteroatoms. The molecule has 0 unspecified atom stereocenters. The van der Waals surface area contributed by atoms with Gasteiger partial charge >= 0.3 is 0 Å². The molecule has 1 fully saturated rings. The van der Waals surface area contributed by atoms with Crippen molar-refractivity contribution in [3.05, 3.63) is 33.8 Å². The smallest absolute Gasteiger partial charge is 0.227 e. The van der Waals surface area contributed by atoms with Crippen LogP contribution < -0.4 is 0 Å². The van der Waals surface area contributed by atoms with Gasteiger partial charge in [0, 0.05) is 36.6 Å². The Morgan fingerprint density at radius 2 is 1.73 bits per heavy atom. The van der Waals surface area contributed by atoms with Gasteiger partial charge in [0.05, 0.1) is 6.42 Å². The van der Waals surface area contributed by atoms with Gasteiger partial charge in [0.2, 0.25) is 11.8 Å². The number of hydrogen-bond donors (Lipinski definition) is 0. The predicted octanol–water partition coefficient (Wildman–Crippen LogP) is 2.63. The Hall–Kier alpha value is -1.36. The first kappa shape index (κ1) is 17.0. The molecular weight excluding hydrogens is 344 g/mol. The number of benzene rings is 1. The largest absolute Gasteiger partial charge is 0.339 e. The van der Waals surface area contributed by atoms with E-state index in [2.05, 4.69) is 15.9 Å². The van der Waals surface area contributed by atoms with Crippen molar-refractivity contribution < 1.29 is 9.59 Å². The molecule has 120 valence electrons. The van der Waals surface area contributed by atoms with Crippen LogP contribution in [0.5, 0.6) is 0 Å². The van der Waals surface area contributed by atoms with Crippen LogP contribution in [0.2, 0.25) is 0 Å². The van der Waals surface area contributed by atoms with E-state index in [0.717, 1.165) is 15.6 Å². The molecule has 1 aliphatic rings. The van der Waals surface area contributed by atoms with Gasteiger partial charge in [0.1, 0.15) is 0 Å². The first-order chi connectivity index (χ1) is 10.4. The van der Waals surface area contributed by atoms with Crippen molar-refractivity contribution in [2.24, 2.45) is 5.92 Å². The SMILES string of the molecule is Cc1ccc(Br)cc1CC(=O)N1CCN(C(=O)C(C)C)CC1. The van der Waals surface area contributed by atoms with Gasteiger partial charge in [-0.2, -0.15) is 0 Å². The molecule has 1 aromatic carbocycles. The van der Waals surface area contributed by atoms with Crippen LogP contribution in [0.4, 0.5) is 0 Å². The van der Waals surface area contributed by atoms with E-state index in [-0.39, 0.29) is 17.7 Å². The Bertz CT molecular complexity index is 564.